The smallest absolute Gasteiger partial charge is 0.345 e. The van der Waals surface area contributed by atoms with Crippen molar-refractivity contribution >= 4 is 23.1 Å². The number of carboxylic acid groups (broad SMARTS) is 1. The number of aromatic carboxylic acids is 1. The van der Waals surface area contributed by atoms with Gasteiger partial charge in [-0.3, -0.25) is 0 Å². The second kappa shape index (κ2) is 4.92. The maximum atomic E-state index is 10.7. The average molecular weight is 249 g/mol. The summed E-state index contributed by atoms with van der Waals surface area (Å²) in [6, 6.07) is 5.36. The molecule has 0 amide bonds. The Morgan fingerprint density at radius 3 is 2.88 bits per heavy atom. The molecule has 0 fully saturated rings. The molecule has 0 bridgehead atoms. The molecule has 0 radical (unpaired) electrons. The fourth-order valence-corrected chi connectivity index (χ4v) is 2.02. The molecular formula is C11H11N3O2S. The van der Waals surface area contributed by atoms with Gasteiger partial charge in [0.2, 0.25) is 0 Å². The molecule has 0 aliphatic rings. The van der Waals surface area contributed by atoms with Gasteiger partial charge in [0.05, 0.1) is 5.69 Å². The van der Waals surface area contributed by atoms with Crippen LogP contribution in [0.15, 0.2) is 23.6 Å². The Morgan fingerprint density at radius 2 is 2.29 bits per heavy atom. The quantitative estimate of drug-likeness (QED) is 0.868. The van der Waals surface area contributed by atoms with E-state index in [9.17, 15) is 4.79 Å². The van der Waals surface area contributed by atoms with Crippen molar-refractivity contribution in [2.75, 3.05) is 5.32 Å². The van der Waals surface area contributed by atoms with Gasteiger partial charge in [-0.2, -0.15) is 5.10 Å². The molecule has 0 aromatic carbocycles. The lowest BCUT2D eigenvalue weighted by atomic mass is 10.3. The molecule has 0 aliphatic heterocycles. The minimum absolute atomic E-state index is 0.344. The van der Waals surface area contributed by atoms with Crippen molar-refractivity contribution in [3.8, 4) is 0 Å². The zero-order valence-corrected chi connectivity index (χ0v) is 9.99. The molecular weight excluding hydrogens is 238 g/mol. The molecule has 17 heavy (non-hydrogen) atoms. The van der Waals surface area contributed by atoms with E-state index in [2.05, 4.69) is 15.5 Å². The average Bonchev–Trinajstić information content (AvgIpc) is 2.77. The summed E-state index contributed by atoms with van der Waals surface area (Å²) in [5.41, 5.74) is 1.79. The molecule has 6 heteroatoms. The van der Waals surface area contributed by atoms with Gasteiger partial charge in [-0.15, -0.1) is 16.4 Å². The fourth-order valence-electron chi connectivity index (χ4n) is 1.27. The number of carboxylic acids is 1. The summed E-state index contributed by atoms with van der Waals surface area (Å²) in [6.45, 7) is 2.41. The topological polar surface area (TPSA) is 75.1 Å². The normalized spacial score (nSPS) is 10.2. The van der Waals surface area contributed by atoms with Crippen LogP contribution in [0.4, 0.5) is 5.82 Å². The summed E-state index contributed by atoms with van der Waals surface area (Å²) in [5, 5.41) is 21.6. The standard InChI is InChI=1S/C11H11N3O2S/c1-7-2-3-10(14-13-7)12-5-8-4-9(11(15)16)17-6-8/h2-4,6H,5H2,1H3,(H,12,14)(H,15,16). The Balaban J connectivity index is 1.97. The minimum atomic E-state index is -0.892. The molecule has 2 aromatic heterocycles. The predicted octanol–water partition coefficient (Wildman–Crippen LogP) is 2.16. The van der Waals surface area contributed by atoms with E-state index in [-0.39, 0.29) is 0 Å². The highest BCUT2D eigenvalue weighted by Crippen LogP contribution is 2.15. The summed E-state index contributed by atoms with van der Waals surface area (Å²) in [6.07, 6.45) is 0. The number of nitrogens with one attached hydrogen (secondary N) is 1. The summed E-state index contributed by atoms with van der Waals surface area (Å²) >= 11 is 1.22. The number of thiophene rings is 1. The highest BCUT2D eigenvalue weighted by atomic mass is 32.1. The number of anilines is 1. The number of nitrogens with zero attached hydrogens (tertiary/aromatic N) is 2. The van der Waals surface area contributed by atoms with Crippen molar-refractivity contribution in [2.24, 2.45) is 0 Å². The van der Waals surface area contributed by atoms with Crippen molar-refractivity contribution in [1.82, 2.24) is 10.2 Å². The van der Waals surface area contributed by atoms with Crippen molar-refractivity contribution in [3.05, 3.63) is 39.7 Å². The molecule has 2 heterocycles. The Morgan fingerprint density at radius 1 is 1.47 bits per heavy atom. The van der Waals surface area contributed by atoms with E-state index in [1.807, 2.05) is 24.4 Å². The second-order valence-corrected chi connectivity index (χ2v) is 4.45. The number of aromatic nitrogens is 2. The van der Waals surface area contributed by atoms with Gasteiger partial charge >= 0.3 is 5.97 Å². The van der Waals surface area contributed by atoms with Gasteiger partial charge < -0.3 is 10.4 Å². The minimum Gasteiger partial charge on any atom is -0.477 e. The molecule has 0 saturated heterocycles. The van der Waals surface area contributed by atoms with E-state index in [0.717, 1.165) is 11.3 Å². The van der Waals surface area contributed by atoms with Crippen molar-refractivity contribution < 1.29 is 9.90 Å². The zero-order chi connectivity index (χ0) is 12.3. The third-order valence-electron chi connectivity index (χ3n) is 2.14. The van der Waals surface area contributed by atoms with Gasteiger partial charge in [-0.1, -0.05) is 0 Å². The molecule has 88 valence electrons. The van der Waals surface area contributed by atoms with E-state index in [0.29, 0.717) is 17.2 Å². The van der Waals surface area contributed by atoms with Crippen LogP contribution < -0.4 is 5.32 Å². The lowest BCUT2D eigenvalue weighted by Crippen LogP contribution is -2.01. The maximum absolute atomic E-state index is 10.7. The SMILES string of the molecule is Cc1ccc(NCc2csc(C(=O)O)c2)nn1. The zero-order valence-electron chi connectivity index (χ0n) is 9.17. The van der Waals surface area contributed by atoms with Gasteiger partial charge in [0, 0.05) is 6.54 Å². The van der Waals surface area contributed by atoms with Crippen LogP contribution in [-0.4, -0.2) is 21.3 Å². The summed E-state index contributed by atoms with van der Waals surface area (Å²) in [7, 11) is 0. The van der Waals surface area contributed by atoms with E-state index in [1.165, 1.54) is 11.3 Å². The van der Waals surface area contributed by atoms with Crippen LogP contribution in [-0.2, 0) is 6.54 Å². The lowest BCUT2D eigenvalue weighted by Gasteiger charge is -2.02. The van der Waals surface area contributed by atoms with Gasteiger partial charge in [0.1, 0.15) is 10.7 Å². The summed E-state index contributed by atoms with van der Waals surface area (Å²) in [5.74, 6) is -0.213. The molecule has 0 spiro atoms. The van der Waals surface area contributed by atoms with E-state index in [4.69, 9.17) is 5.11 Å². The number of rotatable bonds is 4. The van der Waals surface area contributed by atoms with Gasteiger partial charge in [-0.05, 0) is 36.1 Å². The van der Waals surface area contributed by atoms with E-state index >= 15 is 0 Å². The Labute approximate surface area is 102 Å². The fraction of sp³-hybridized carbons (Fsp3) is 0.182. The third-order valence-corrected chi connectivity index (χ3v) is 3.10. The Bertz CT molecular complexity index is 522. The second-order valence-electron chi connectivity index (χ2n) is 3.54. The van der Waals surface area contributed by atoms with Crippen LogP contribution in [0.5, 0.6) is 0 Å². The van der Waals surface area contributed by atoms with Gasteiger partial charge in [0.25, 0.3) is 0 Å². The molecule has 2 aromatic rings. The number of aryl methyl sites for hydroxylation is 1. The van der Waals surface area contributed by atoms with Crippen LogP contribution in [0.3, 0.4) is 0 Å². The van der Waals surface area contributed by atoms with Crippen molar-refractivity contribution in [2.45, 2.75) is 13.5 Å². The Kier molecular flexibility index (Phi) is 3.34. The van der Waals surface area contributed by atoms with E-state index < -0.39 is 5.97 Å². The first-order valence-corrected chi connectivity index (χ1v) is 5.88. The van der Waals surface area contributed by atoms with Gasteiger partial charge in [0.15, 0.2) is 0 Å². The number of hydrogen-bond acceptors (Lipinski definition) is 5. The molecule has 0 aliphatic carbocycles. The molecule has 2 rings (SSSR count). The first kappa shape index (κ1) is 11.5. The number of carbonyl (C=O) groups is 1. The largest absolute Gasteiger partial charge is 0.477 e. The van der Waals surface area contributed by atoms with Crippen LogP contribution in [0.1, 0.15) is 20.9 Å². The van der Waals surface area contributed by atoms with Crippen molar-refractivity contribution in [3.63, 3.8) is 0 Å². The van der Waals surface area contributed by atoms with Gasteiger partial charge in [-0.25, -0.2) is 4.79 Å². The van der Waals surface area contributed by atoms with Crippen LogP contribution in [0.2, 0.25) is 0 Å². The third kappa shape index (κ3) is 3.01. The van der Waals surface area contributed by atoms with Crippen LogP contribution in [0.25, 0.3) is 0 Å². The van der Waals surface area contributed by atoms with Crippen LogP contribution in [0, 0.1) is 6.92 Å². The predicted molar refractivity (Wildman–Crippen MR) is 65.4 cm³/mol. The molecule has 0 atom stereocenters. The van der Waals surface area contributed by atoms with Crippen LogP contribution >= 0.6 is 11.3 Å². The molecule has 2 N–H and O–H groups in total. The lowest BCUT2D eigenvalue weighted by molar-refractivity contribution is 0.0702. The molecule has 0 unspecified atom stereocenters. The first-order chi connectivity index (χ1) is 8.15. The summed E-state index contributed by atoms with van der Waals surface area (Å²) < 4.78 is 0. The first-order valence-electron chi connectivity index (χ1n) is 5.00. The monoisotopic (exact) mass is 249 g/mol. The Hall–Kier alpha value is -1.95. The summed E-state index contributed by atoms with van der Waals surface area (Å²) in [4.78, 5) is 11.0. The highest BCUT2D eigenvalue weighted by Gasteiger charge is 2.06. The number of hydrogen-bond donors (Lipinski definition) is 2. The van der Waals surface area contributed by atoms with Crippen molar-refractivity contribution in [1.29, 1.82) is 0 Å². The van der Waals surface area contributed by atoms with E-state index in [1.54, 1.807) is 6.07 Å². The molecule has 0 saturated carbocycles. The molecule has 5 nitrogen and oxygen atoms in total. The highest BCUT2D eigenvalue weighted by molar-refractivity contribution is 7.12. The maximum Gasteiger partial charge on any atom is 0.345 e.